The van der Waals surface area contributed by atoms with E-state index >= 15 is 0 Å². The van der Waals surface area contributed by atoms with Gasteiger partial charge in [-0.3, -0.25) is 14.8 Å². The minimum Gasteiger partial charge on any atom is -0.437 e. The lowest BCUT2D eigenvalue weighted by molar-refractivity contribution is -0.156. The number of carbonyl (C=O) groups is 3. The third kappa shape index (κ3) is 5.14. The van der Waals surface area contributed by atoms with Crippen LogP contribution in [0.1, 0.15) is 29.0 Å². The summed E-state index contributed by atoms with van der Waals surface area (Å²) in [5, 5.41) is 8.44. The molecule has 1 aromatic carbocycles. The Morgan fingerprint density at radius 2 is 1.92 bits per heavy atom. The molecule has 3 heterocycles. The quantitative estimate of drug-likeness (QED) is 0.371. The Bertz CT molecular complexity index is 1280. The number of amides is 1. The van der Waals surface area contributed by atoms with Crippen molar-refractivity contribution < 1.29 is 23.9 Å². The summed E-state index contributed by atoms with van der Waals surface area (Å²) in [6.45, 7) is 4.42. The number of ether oxygens (including phenoxy) is 2. The van der Waals surface area contributed by atoms with Gasteiger partial charge in [0.1, 0.15) is 5.70 Å². The van der Waals surface area contributed by atoms with E-state index in [4.69, 9.17) is 4.74 Å². The first-order valence-corrected chi connectivity index (χ1v) is 12.2. The van der Waals surface area contributed by atoms with Gasteiger partial charge in [-0.05, 0) is 42.5 Å². The minimum absolute atomic E-state index is 0.0109. The Kier molecular flexibility index (Phi) is 7.77. The molecule has 0 bridgehead atoms. The van der Waals surface area contributed by atoms with Crippen molar-refractivity contribution in [1.82, 2.24) is 15.0 Å². The first-order valence-electron chi connectivity index (χ1n) is 11.3. The molecule has 2 aromatic heterocycles. The van der Waals surface area contributed by atoms with Crippen molar-refractivity contribution in [2.45, 2.75) is 26.4 Å². The summed E-state index contributed by atoms with van der Waals surface area (Å²) in [5.74, 6) is -1.40. The summed E-state index contributed by atoms with van der Waals surface area (Å²) in [6.07, 6.45) is 2.05. The van der Waals surface area contributed by atoms with Gasteiger partial charge in [0.2, 0.25) is 0 Å². The number of likely N-dealkylation sites (N-methyl/N-ethyl adjacent to an activating group) is 1. The summed E-state index contributed by atoms with van der Waals surface area (Å²) in [4.78, 5) is 44.2. The number of esters is 1. The Morgan fingerprint density at radius 1 is 1.14 bits per heavy atom. The number of hydrogen-bond acceptors (Lipinski definition) is 9. The van der Waals surface area contributed by atoms with Crippen molar-refractivity contribution in [2.24, 2.45) is 0 Å². The van der Waals surface area contributed by atoms with Gasteiger partial charge in [0.25, 0.3) is 5.91 Å². The standard InChI is InChI=1S/C26H26N4O5S/c1-4-29-24(31)22(28-19-15-27-13-12-17(19)2)21(25(32)35-26(33)34-3)23(20-11-8-14-36-20)30(29)16-18-9-6-5-7-10-18/h5-15,23,28H,4,16H2,1-3H3. The second-order valence-electron chi connectivity index (χ2n) is 7.97. The molecule has 10 heteroatoms. The number of carbonyl (C=O) groups excluding carboxylic acids is 3. The van der Waals surface area contributed by atoms with E-state index in [1.807, 2.05) is 66.7 Å². The molecule has 1 aliphatic heterocycles. The van der Waals surface area contributed by atoms with E-state index in [-0.39, 0.29) is 11.3 Å². The molecule has 0 radical (unpaired) electrons. The van der Waals surface area contributed by atoms with Crippen LogP contribution in [0.15, 0.2) is 77.6 Å². The fourth-order valence-corrected chi connectivity index (χ4v) is 4.87. The lowest BCUT2D eigenvalue weighted by atomic mass is 9.97. The molecule has 1 aliphatic rings. The average molecular weight is 507 g/mol. The molecule has 0 saturated heterocycles. The maximum absolute atomic E-state index is 13.9. The molecule has 3 aromatic rings. The summed E-state index contributed by atoms with van der Waals surface area (Å²) in [5.41, 5.74) is 2.36. The lowest BCUT2D eigenvalue weighted by Gasteiger charge is -2.44. The van der Waals surface area contributed by atoms with Crippen molar-refractivity contribution in [3.05, 3.63) is 93.6 Å². The fourth-order valence-electron chi connectivity index (χ4n) is 4.03. The molecule has 0 spiro atoms. The third-order valence-corrected chi connectivity index (χ3v) is 6.68. The van der Waals surface area contributed by atoms with Gasteiger partial charge < -0.3 is 14.8 Å². The Morgan fingerprint density at radius 3 is 2.56 bits per heavy atom. The highest BCUT2D eigenvalue weighted by Gasteiger charge is 2.45. The largest absolute Gasteiger partial charge is 0.516 e. The van der Waals surface area contributed by atoms with Crippen LogP contribution < -0.4 is 5.32 Å². The molecule has 0 fully saturated rings. The SMILES string of the molecule is CCN1C(=O)C(Nc2cnccc2C)=C(C(=O)OC(=O)OC)C(c2cccs2)N1Cc1ccccc1. The first-order chi connectivity index (χ1) is 17.4. The lowest BCUT2D eigenvalue weighted by Crippen LogP contribution is -2.54. The van der Waals surface area contributed by atoms with Crippen LogP contribution in [0.2, 0.25) is 0 Å². The van der Waals surface area contributed by atoms with Gasteiger partial charge >= 0.3 is 12.1 Å². The number of nitrogens with zero attached hydrogens (tertiary/aromatic N) is 3. The number of benzene rings is 1. The van der Waals surface area contributed by atoms with E-state index in [9.17, 15) is 14.4 Å². The zero-order valence-electron chi connectivity index (χ0n) is 20.1. The van der Waals surface area contributed by atoms with Crippen LogP contribution in [0.5, 0.6) is 0 Å². The number of hydrazine groups is 1. The number of aryl methyl sites for hydroxylation is 1. The van der Waals surface area contributed by atoms with Crippen molar-refractivity contribution >= 4 is 35.1 Å². The minimum atomic E-state index is -1.16. The zero-order chi connectivity index (χ0) is 25.7. The smallest absolute Gasteiger partial charge is 0.437 e. The maximum atomic E-state index is 13.9. The van der Waals surface area contributed by atoms with Gasteiger partial charge in [-0.15, -0.1) is 11.3 Å². The highest BCUT2D eigenvalue weighted by Crippen LogP contribution is 2.40. The summed E-state index contributed by atoms with van der Waals surface area (Å²) >= 11 is 1.44. The van der Waals surface area contributed by atoms with Gasteiger partial charge in [0.15, 0.2) is 0 Å². The predicted molar refractivity (Wildman–Crippen MR) is 135 cm³/mol. The fraction of sp³-hybridized carbons (Fsp3) is 0.231. The molecule has 0 saturated carbocycles. The molecule has 1 amide bonds. The Labute approximate surface area is 212 Å². The van der Waals surface area contributed by atoms with Crippen LogP contribution in [0.25, 0.3) is 0 Å². The van der Waals surface area contributed by atoms with Gasteiger partial charge in [-0.1, -0.05) is 36.4 Å². The first kappa shape index (κ1) is 25.1. The summed E-state index contributed by atoms with van der Waals surface area (Å²) in [6, 6.07) is 14.5. The van der Waals surface area contributed by atoms with Crippen LogP contribution in [0.4, 0.5) is 10.5 Å². The van der Waals surface area contributed by atoms with Crippen molar-refractivity contribution in [2.75, 3.05) is 19.0 Å². The normalized spacial score (nSPS) is 16.1. The van der Waals surface area contributed by atoms with E-state index < -0.39 is 24.1 Å². The van der Waals surface area contributed by atoms with Crippen LogP contribution in [-0.4, -0.2) is 46.7 Å². The molecule has 1 atom stereocenters. The molecule has 1 unspecified atom stereocenters. The number of hydrogen-bond donors (Lipinski definition) is 1. The highest BCUT2D eigenvalue weighted by atomic mass is 32.1. The van der Waals surface area contributed by atoms with Crippen molar-refractivity contribution in [1.29, 1.82) is 0 Å². The summed E-state index contributed by atoms with van der Waals surface area (Å²) in [7, 11) is 1.12. The molecular formula is C26H26N4O5S. The van der Waals surface area contributed by atoms with E-state index in [2.05, 4.69) is 15.0 Å². The third-order valence-electron chi connectivity index (χ3n) is 5.76. The maximum Gasteiger partial charge on any atom is 0.516 e. The van der Waals surface area contributed by atoms with E-state index in [1.165, 1.54) is 11.3 Å². The second kappa shape index (κ2) is 11.1. The van der Waals surface area contributed by atoms with Crippen LogP contribution in [0.3, 0.4) is 0 Å². The number of methoxy groups -OCH3 is 1. The highest BCUT2D eigenvalue weighted by molar-refractivity contribution is 7.10. The number of pyridine rings is 1. The van der Waals surface area contributed by atoms with E-state index in [0.717, 1.165) is 23.1 Å². The molecule has 4 rings (SSSR count). The van der Waals surface area contributed by atoms with Gasteiger partial charge in [0.05, 0.1) is 30.6 Å². The van der Waals surface area contributed by atoms with Crippen LogP contribution in [0, 0.1) is 6.92 Å². The number of thiophene rings is 1. The molecular weight excluding hydrogens is 480 g/mol. The van der Waals surface area contributed by atoms with Crippen molar-refractivity contribution in [3.8, 4) is 0 Å². The molecule has 9 nitrogen and oxygen atoms in total. The Hall–Kier alpha value is -4.02. The summed E-state index contributed by atoms with van der Waals surface area (Å²) < 4.78 is 9.54. The van der Waals surface area contributed by atoms with Gasteiger partial charge in [0, 0.05) is 24.2 Å². The molecule has 36 heavy (non-hydrogen) atoms. The predicted octanol–water partition coefficient (Wildman–Crippen LogP) is 4.45. The van der Waals surface area contributed by atoms with Gasteiger partial charge in [-0.25, -0.2) is 14.6 Å². The number of aromatic nitrogens is 1. The molecule has 1 N–H and O–H groups in total. The monoisotopic (exact) mass is 506 g/mol. The number of anilines is 1. The molecule has 186 valence electrons. The average Bonchev–Trinajstić information content (AvgIpc) is 3.41. The van der Waals surface area contributed by atoms with E-state index in [1.54, 1.807) is 23.5 Å². The van der Waals surface area contributed by atoms with Crippen molar-refractivity contribution in [3.63, 3.8) is 0 Å². The topological polar surface area (TPSA) is 101 Å². The zero-order valence-corrected chi connectivity index (χ0v) is 21.0. The second-order valence-corrected chi connectivity index (χ2v) is 8.95. The number of rotatable bonds is 7. The van der Waals surface area contributed by atoms with Gasteiger partial charge in [-0.2, -0.15) is 0 Å². The van der Waals surface area contributed by atoms with Crippen LogP contribution >= 0.6 is 11.3 Å². The number of nitrogens with one attached hydrogen (secondary N) is 1. The van der Waals surface area contributed by atoms with Crippen LogP contribution in [-0.2, 0) is 25.6 Å². The van der Waals surface area contributed by atoms with E-state index in [0.29, 0.717) is 18.8 Å². The Balaban J connectivity index is 1.92. The molecule has 0 aliphatic carbocycles.